The summed E-state index contributed by atoms with van der Waals surface area (Å²) in [7, 11) is 1.73. The first-order valence-electron chi connectivity index (χ1n) is 6.85. The number of methoxy groups -OCH3 is 1. The van der Waals surface area contributed by atoms with E-state index in [-0.39, 0.29) is 0 Å². The van der Waals surface area contributed by atoms with E-state index in [2.05, 4.69) is 26.1 Å². The van der Waals surface area contributed by atoms with E-state index in [1.165, 1.54) is 19.3 Å². The van der Waals surface area contributed by atoms with E-state index >= 15 is 0 Å². The van der Waals surface area contributed by atoms with Crippen LogP contribution >= 0.6 is 0 Å². The molecule has 3 heteroatoms. The zero-order chi connectivity index (χ0) is 12.7. The lowest BCUT2D eigenvalue weighted by Gasteiger charge is -2.38. The minimum absolute atomic E-state index is 0.450. The second-order valence-corrected chi connectivity index (χ2v) is 6.15. The zero-order valence-electron chi connectivity index (χ0n) is 11.9. The fourth-order valence-corrected chi connectivity index (χ4v) is 2.98. The maximum absolute atomic E-state index is 5.97. The van der Waals surface area contributed by atoms with E-state index in [4.69, 9.17) is 9.47 Å². The molecule has 0 aliphatic heterocycles. The highest BCUT2D eigenvalue weighted by atomic mass is 16.5. The molecule has 0 aromatic heterocycles. The van der Waals surface area contributed by atoms with Crippen LogP contribution in [0.3, 0.4) is 0 Å². The fraction of sp³-hybridized carbons (Fsp3) is 1.00. The van der Waals surface area contributed by atoms with Crippen LogP contribution in [0.5, 0.6) is 0 Å². The molecule has 2 unspecified atom stereocenters. The lowest BCUT2D eigenvalue weighted by atomic mass is 9.71. The first-order valence-corrected chi connectivity index (χ1v) is 6.85. The smallest absolute Gasteiger partial charge is 0.0594 e. The standard InChI is InChI=1S/C14H29NO2/c1-12-9-13(11-14(2,3)10-12)17-8-6-15-5-7-16-4/h12-13,15H,5-11H2,1-4H3. The van der Waals surface area contributed by atoms with Crippen LogP contribution in [0.4, 0.5) is 0 Å². The van der Waals surface area contributed by atoms with Gasteiger partial charge in [0.2, 0.25) is 0 Å². The molecule has 0 heterocycles. The van der Waals surface area contributed by atoms with Crippen LogP contribution < -0.4 is 5.32 Å². The monoisotopic (exact) mass is 243 g/mol. The van der Waals surface area contributed by atoms with Crippen molar-refractivity contribution in [3.05, 3.63) is 0 Å². The van der Waals surface area contributed by atoms with Crippen molar-refractivity contribution in [3.8, 4) is 0 Å². The van der Waals surface area contributed by atoms with Crippen molar-refractivity contribution >= 4 is 0 Å². The summed E-state index contributed by atoms with van der Waals surface area (Å²) in [5, 5.41) is 3.31. The van der Waals surface area contributed by atoms with Gasteiger partial charge >= 0.3 is 0 Å². The number of hydrogen-bond donors (Lipinski definition) is 1. The van der Waals surface area contributed by atoms with E-state index in [1.807, 2.05) is 0 Å². The largest absolute Gasteiger partial charge is 0.383 e. The Kier molecular flexibility index (Phi) is 6.45. The quantitative estimate of drug-likeness (QED) is 0.697. The Labute approximate surface area is 106 Å². The molecule has 0 radical (unpaired) electrons. The summed E-state index contributed by atoms with van der Waals surface area (Å²) in [4.78, 5) is 0. The lowest BCUT2D eigenvalue weighted by Crippen LogP contribution is -2.34. The van der Waals surface area contributed by atoms with Crippen molar-refractivity contribution in [2.75, 3.05) is 33.4 Å². The van der Waals surface area contributed by atoms with Gasteiger partial charge in [-0.1, -0.05) is 20.8 Å². The minimum Gasteiger partial charge on any atom is -0.383 e. The average molecular weight is 243 g/mol. The molecule has 0 amide bonds. The lowest BCUT2D eigenvalue weighted by molar-refractivity contribution is -0.0214. The molecular weight excluding hydrogens is 214 g/mol. The first kappa shape index (κ1) is 14.9. The summed E-state index contributed by atoms with van der Waals surface area (Å²) in [5.41, 5.74) is 0.450. The van der Waals surface area contributed by atoms with E-state index in [1.54, 1.807) is 7.11 Å². The highest BCUT2D eigenvalue weighted by Crippen LogP contribution is 2.39. The third kappa shape index (κ3) is 6.39. The molecule has 102 valence electrons. The van der Waals surface area contributed by atoms with Gasteiger partial charge in [-0.2, -0.15) is 0 Å². The first-order chi connectivity index (χ1) is 8.03. The number of rotatable bonds is 7. The topological polar surface area (TPSA) is 30.5 Å². The van der Waals surface area contributed by atoms with Gasteiger partial charge in [0.15, 0.2) is 0 Å². The highest BCUT2D eigenvalue weighted by molar-refractivity contribution is 4.83. The zero-order valence-corrected chi connectivity index (χ0v) is 11.9. The maximum atomic E-state index is 5.97. The van der Waals surface area contributed by atoms with Crippen LogP contribution in [0.25, 0.3) is 0 Å². The second-order valence-electron chi connectivity index (χ2n) is 6.15. The number of hydrogen-bond acceptors (Lipinski definition) is 3. The summed E-state index contributed by atoms with van der Waals surface area (Å²) in [6.07, 6.45) is 4.22. The second kappa shape index (κ2) is 7.34. The summed E-state index contributed by atoms with van der Waals surface area (Å²) >= 11 is 0. The van der Waals surface area contributed by atoms with Gasteiger partial charge < -0.3 is 14.8 Å². The van der Waals surface area contributed by atoms with Gasteiger partial charge in [0.1, 0.15) is 0 Å². The van der Waals surface area contributed by atoms with Gasteiger partial charge in [0.25, 0.3) is 0 Å². The molecule has 1 fully saturated rings. The predicted octanol–water partition coefficient (Wildman–Crippen LogP) is 2.45. The van der Waals surface area contributed by atoms with E-state index < -0.39 is 0 Å². The number of nitrogens with one attached hydrogen (secondary N) is 1. The van der Waals surface area contributed by atoms with Crippen molar-refractivity contribution in [1.82, 2.24) is 5.32 Å². The molecule has 1 saturated carbocycles. The molecule has 3 nitrogen and oxygen atoms in total. The molecule has 1 aliphatic carbocycles. The third-order valence-electron chi connectivity index (χ3n) is 3.46. The van der Waals surface area contributed by atoms with Gasteiger partial charge in [0, 0.05) is 20.2 Å². The molecule has 0 saturated heterocycles. The Morgan fingerprint density at radius 1 is 1.18 bits per heavy atom. The van der Waals surface area contributed by atoms with E-state index in [0.29, 0.717) is 11.5 Å². The van der Waals surface area contributed by atoms with Crippen molar-refractivity contribution in [3.63, 3.8) is 0 Å². The molecule has 1 rings (SSSR count). The van der Waals surface area contributed by atoms with Gasteiger partial charge in [-0.05, 0) is 30.6 Å². The van der Waals surface area contributed by atoms with Gasteiger partial charge in [-0.3, -0.25) is 0 Å². The van der Waals surface area contributed by atoms with Crippen molar-refractivity contribution in [2.24, 2.45) is 11.3 Å². The molecule has 17 heavy (non-hydrogen) atoms. The van der Waals surface area contributed by atoms with Gasteiger partial charge in [0.05, 0.1) is 19.3 Å². The Balaban J connectivity index is 2.10. The molecule has 0 spiro atoms. The highest BCUT2D eigenvalue weighted by Gasteiger charge is 2.32. The van der Waals surface area contributed by atoms with Crippen LogP contribution in [0.15, 0.2) is 0 Å². The Bertz CT molecular complexity index is 206. The SMILES string of the molecule is COCCNCCOC1CC(C)CC(C)(C)C1. The summed E-state index contributed by atoms with van der Waals surface area (Å²) in [5.74, 6) is 0.796. The third-order valence-corrected chi connectivity index (χ3v) is 3.46. The summed E-state index contributed by atoms with van der Waals surface area (Å²) < 4.78 is 10.9. The van der Waals surface area contributed by atoms with E-state index in [9.17, 15) is 0 Å². The Hall–Kier alpha value is -0.120. The molecule has 0 bridgehead atoms. The van der Waals surface area contributed by atoms with Gasteiger partial charge in [-0.25, -0.2) is 0 Å². The molecule has 2 atom stereocenters. The number of ether oxygens (including phenoxy) is 2. The molecule has 0 aromatic rings. The van der Waals surface area contributed by atoms with Crippen LogP contribution in [-0.4, -0.2) is 39.5 Å². The van der Waals surface area contributed by atoms with Crippen LogP contribution in [-0.2, 0) is 9.47 Å². The molecule has 1 aliphatic rings. The minimum atomic E-state index is 0.450. The van der Waals surface area contributed by atoms with Gasteiger partial charge in [-0.15, -0.1) is 0 Å². The van der Waals surface area contributed by atoms with Crippen LogP contribution in [0.2, 0.25) is 0 Å². The van der Waals surface area contributed by atoms with Crippen molar-refractivity contribution in [1.29, 1.82) is 0 Å². The van der Waals surface area contributed by atoms with Crippen LogP contribution in [0, 0.1) is 11.3 Å². The fourth-order valence-electron chi connectivity index (χ4n) is 2.98. The van der Waals surface area contributed by atoms with Crippen molar-refractivity contribution in [2.45, 2.75) is 46.1 Å². The van der Waals surface area contributed by atoms with Crippen molar-refractivity contribution < 1.29 is 9.47 Å². The molecule has 1 N–H and O–H groups in total. The Morgan fingerprint density at radius 2 is 1.88 bits per heavy atom. The summed E-state index contributed by atoms with van der Waals surface area (Å²) in [6.45, 7) is 10.5. The average Bonchev–Trinajstić information content (AvgIpc) is 2.20. The normalized spacial score (nSPS) is 28.2. The molecule has 0 aromatic carbocycles. The molecular formula is C14H29NO2. The Morgan fingerprint density at radius 3 is 2.53 bits per heavy atom. The maximum Gasteiger partial charge on any atom is 0.0594 e. The van der Waals surface area contributed by atoms with Crippen LogP contribution in [0.1, 0.15) is 40.0 Å². The summed E-state index contributed by atoms with van der Waals surface area (Å²) in [6, 6.07) is 0. The predicted molar refractivity (Wildman–Crippen MR) is 71.3 cm³/mol. The van der Waals surface area contributed by atoms with E-state index in [0.717, 1.165) is 32.2 Å².